The predicted octanol–water partition coefficient (Wildman–Crippen LogP) is 1.80. The summed E-state index contributed by atoms with van der Waals surface area (Å²) in [5.74, 6) is 1.01. The van der Waals surface area contributed by atoms with Crippen molar-refractivity contribution in [3.63, 3.8) is 0 Å². The number of nitrogens with zero attached hydrogens (tertiary/aromatic N) is 2. The molecule has 20 heavy (non-hydrogen) atoms. The van der Waals surface area contributed by atoms with Crippen molar-refractivity contribution in [2.24, 2.45) is 0 Å². The lowest BCUT2D eigenvalue weighted by Crippen LogP contribution is -2.27. The highest BCUT2D eigenvalue weighted by Crippen LogP contribution is 2.26. The second kappa shape index (κ2) is 7.36. The van der Waals surface area contributed by atoms with Crippen molar-refractivity contribution in [1.82, 2.24) is 10.3 Å². The number of aromatic nitrogens is 1. The van der Waals surface area contributed by atoms with Crippen LogP contribution in [0.3, 0.4) is 0 Å². The molecule has 0 radical (unpaired) electrons. The number of ether oxygens (including phenoxy) is 2. The fourth-order valence-electron chi connectivity index (χ4n) is 2.52. The molecule has 1 saturated heterocycles. The average molecular weight is 344 g/mol. The molecular weight excluding hydrogens is 322 g/mol. The van der Waals surface area contributed by atoms with Crippen LogP contribution in [-0.4, -0.2) is 51.0 Å². The number of halogens is 1. The molecule has 112 valence electrons. The third-order valence-electron chi connectivity index (χ3n) is 3.60. The van der Waals surface area contributed by atoms with Gasteiger partial charge < -0.3 is 19.7 Å². The number of methoxy groups -OCH3 is 2. The third kappa shape index (κ3) is 3.49. The summed E-state index contributed by atoms with van der Waals surface area (Å²) in [4.78, 5) is 6.82. The topological polar surface area (TPSA) is 46.6 Å². The second-order valence-electron chi connectivity index (χ2n) is 4.87. The normalized spacial score (nSPS) is 22.5. The number of nitrogens with one attached hydrogen (secondary N) is 1. The molecule has 0 bridgehead atoms. The summed E-state index contributed by atoms with van der Waals surface area (Å²) in [6.45, 7) is 5.46. The van der Waals surface area contributed by atoms with Gasteiger partial charge in [0, 0.05) is 50.1 Å². The first-order valence-corrected chi connectivity index (χ1v) is 7.64. The van der Waals surface area contributed by atoms with E-state index in [1.165, 1.54) is 5.56 Å². The molecule has 5 nitrogen and oxygen atoms in total. The zero-order valence-corrected chi connectivity index (χ0v) is 13.8. The standard InChI is InChI=1S/C14H22BrN3O2/c1-4-16-6-10-5-11(15)7-17-14(10)18-8-12(19-2)13(9-18)20-3/h5,7,12-13,16H,4,6,8-9H2,1-3H3. The van der Waals surface area contributed by atoms with Gasteiger partial charge in [-0.1, -0.05) is 6.92 Å². The van der Waals surface area contributed by atoms with E-state index in [2.05, 4.69) is 44.1 Å². The van der Waals surface area contributed by atoms with Crippen molar-refractivity contribution in [3.8, 4) is 0 Å². The van der Waals surface area contributed by atoms with E-state index in [-0.39, 0.29) is 12.2 Å². The van der Waals surface area contributed by atoms with Gasteiger partial charge in [-0.25, -0.2) is 4.98 Å². The van der Waals surface area contributed by atoms with Gasteiger partial charge in [0.1, 0.15) is 18.0 Å². The molecule has 1 aliphatic rings. The van der Waals surface area contributed by atoms with Crippen molar-refractivity contribution < 1.29 is 9.47 Å². The lowest BCUT2D eigenvalue weighted by molar-refractivity contribution is -0.00461. The lowest BCUT2D eigenvalue weighted by Gasteiger charge is -2.20. The van der Waals surface area contributed by atoms with Gasteiger partial charge >= 0.3 is 0 Å². The summed E-state index contributed by atoms with van der Waals surface area (Å²) in [6.07, 6.45) is 2.03. The Hall–Kier alpha value is -0.690. The molecule has 0 aromatic carbocycles. The second-order valence-corrected chi connectivity index (χ2v) is 5.79. The van der Waals surface area contributed by atoms with Gasteiger partial charge in [-0.2, -0.15) is 0 Å². The van der Waals surface area contributed by atoms with E-state index in [9.17, 15) is 0 Å². The van der Waals surface area contributed by atoms with E-state index in [0.717, 1.165) is 36.5 Å². The Morgan fingerprint density at radius 1 is 1.35 bits per heavy atom. The lowest BCUT2D eigenvalue weighted by atomic mass is 10.2. The molecule has 6 heteroatoms. The first-order valence-electron chi connectivity index (χ1n) is 6.85. The maximum absolute atomic E-state index is 5.49. The molecule has 2 rings (SSSR count). The molecule has 2 heterocycles. The number of rotatable bonds is 6. The van der Waals surface area contributed by atoms with Crippen LogP contribution in [0.25, 0.3) is 0 Å². The number of hydrogen-bond acceptors (Lipinski definition) is 5. The van der Waals surface area contributed by atoms with Crippen LogP contribution in [0.5, 0.6) is 0 Å². The van der Waals surface area contributed by atoms with Crippen molar-refractivity contribution in [3.05, 3.63) is 22.3 Å². The monoisotopic (exact) mass is 343 g/mol. The fraction of sp³-hybridized carbons (Fsp3) is 0.643. The Labute approximate surface area is 128 Å². The van der Waals surface area contributed by atoms with Crippen LogP contribution in [0.1, 0.15) is 12.5 Å². The summed E-state index contributed by atoms with van der Waals surface area (Å²) in [5.41, 5.74) is 1.19. The van der Waals surface area contributed by atoms with Crippen LogP contribution in [0.4, 0.5) is 5.82 Å². The fourth-order valence-corrected chi connectivity index (χ4v) is 2.90. The summed E-state index contributed by atoms with van der Waals surface area (Å²) >= 11 is 3.49. The zero-order valence-electron chi connectivity index (χ0n) is 12.2. The molecule has 1 fully saturated rings. The minimum Gasteiger partial charge on any atom is -0.377 e. The van der Waals surface area contributed by atoms with Gasteiger partial charge in [0.05, 0.1) is 0 Å². The van der Waals surface area contributed by atoms with Gasteiger partial charge in [-0.3, -0.25) is 0 Å². The van der Waals surface area contributed by atoms with Crippen LogP contribution in [-0.2, 0) is 16.0 Å². The third-order valence-corrected chi connectivity index (χ3v) is 4.03. The molecule has 0 saturated carbocycles. The highest BCUT2D eigenvalue weighted by atomic mass is 79.9. The Bertz CT molecular complexity index is 432. The number of hydrogen-bond donors (Lipinski definition) is 1. The number of anilines is 1. The molecular formula is C14H22BrN3O2. The zero-order chi connectivity index (χ0) is 14.5. The maximum atomic E-state index is 5.49. The van der Waals surface area contributed by atoms with Gasteiger partial charge in [0.25, 0.3) is 0 Å². The van der Waals surface area contributed by atoms with Crippen molar-refractivity contribution in [2.45, 2.75) is 25.7 Å². The van der Waals surface area contributed by atoms with Crippen LogP contribution >= 0.6 is 15.9 Å². The predicted molar refractivity (Wildman–Crippen MR) is 83.1 cm³/mol. The summed E-state index contributed by atoms with van der Waals surface area (Å²) in [5, 5.41) is 3.36. The van der Waals surface area contributed by atoms with Gasteiger partial charge in [-0.15, -0.1) is 0 Å². The van der Waals surface area contributed by atoms with Crippen LogP contribution in [0.15, 0.2) is 16.7 Å². The molecule has 1 aliphatic heterocycles. The molecule has 1 aromatic heterocycles. The molecule has 1 aromatic rings. The Morgan fingerprint density at radius 3 is 2.55 bits per heavy atom. The smallest absolute Gasteiger partial charge is 0.133 e. The summed E-state index contributed by atoms with van der Waals surface area (Å²) in [6, 6.07) is 2.12. The minimum absolute atomic E-state index is 0.0948. The Kier molecular flexibility index (Phi) is 5.77. The average Bonchev–Trinajstić information content (AvgIpc) is 2.88. The Morgan fingerprint density at radius 2 is 2.00 bits per heavy atom. The first-order chi connectivity index (χ1) is 9.69. The molecule has 2 unspecified atom stereocenters. The van der Waals surface area contributed by atoms with Gasteiger partial charge in [0.2, 0.25) is 0 Å². The summed E-state index contributed by atoms with van der Waals surface area (Å²) < 4.78 is 12.0. The van der Waals surface area contributed by atoms with E-state index in [1.54, 1.807) is 14.2 Å². The van der Waals surface area contributed by atoms with E-state index < -0.39 is 0 Å². The van der Waals surface area contributed by atoms with Gasteiger partial charge in [0.15, 0.2) is 0 Å². The molecule has 1 N–H and O–H groups in total. The van der Waals surface area contributed by atoms with Crippen LogP contribution < -0.4 is 10.2 Å². The van der Waals surface area contributed by atoms with Crippen molar-refractivity contribution >= 4 is 21.7 Å². The largest absolute Gasteiger partial charge is 0.377 e. The molecule has 0 amide bonds. The quantitative estimate of drug-likeness (QED) is 0.853. The molecule has 2 atom stereocenters. The highest BCUT2D eigenvalue weighted by Gasteiger charge is 2.34. The van der Waals surface area contributed by atoms with E-state index in [1.807, 2.05) is 6.20 Å². The number of pyridine rings is 1. The van der Waals surface area contributed by atoms with E-state index in [4.69, 9.17) is 9.47 Å². The minimum atomic E-state index is 0.0948. The maximum Gasteiger partial charge on any atom is 0.133 e. The molecule has 0 aliphatic carbocycles. The van der Waals surface area contributed by atoms with Gasteiger partial charge in [-0.05, 0) is 28.5 Å². The SMILES string of the molecule is CCNCc1cc(Br)cnc1N1CC(OC)C(OC)C1. The Balaban J connectivity index is 2.19. The first kappa shape index (κ1) is 15.7. The molecule has 0 spiro atoms. The van der Waals surface area contributed by atoms with Crippen molar-refractivity contribution in [2.75, 3.05) is 38.8 Å². The van der Waals surface area contributed by atoms with Crippen molar-refractivity contribution in [1.29, 1.82) is 0 Å². The highest BCUT2D eigenvalue weighted by molar-refractivity contribution is 9.10. The van der Waals surface area contributed by atoms with Crippen LogP contribution in [0, 0.1) is 0 Å². The summed E-state index contributed by atoms with van der Waals surface area (Å²) in [7, 11) is 3.46. The van der Waals surface area contributed by atoms with Crippen LogP contribution in [0.2, 0.25) is 0 Å². The van der Waals surface area contributed by atoms with E-state index >= 15 is 0 Å². The van der Waals surface area contributed by atoms with E-state index in [0.29, 0.717) is 0 Å².